The Morgan fingerprint density at radius 3 is 2.81 bits per heavy atom. The third-order valence-electron chi connectivity index (χ3n) is 3.02. The molecule has 0 aliphatic heterocycles. The number of aromatic nitrogens is 1. The van der Waals surface area contributed by atoms with Crippen molar-refractivity contribution in [2.45, 2.75) is 6.54 Å². The highest BCUT2D eigenvalue weighted by atomic mass is 35.5. The summed E-state index contributed by atoms with van der Waals surface area (Å²) >= 11 is 5.92. The van der Waals surface area contributed by atoms with E-state index >= 15 is 0 Å². The zero-order valence-electron chi connectivity index (χ0n) is 11.0. The lowest BCUT2D eigenvalue weighted by molar-refractivity contribution is 0.375. The van der Waals surface area contributed by atoms with Crippen LogP contribution in [0.25, 0.3) is 11.1 Å². The SMILES string of the molecule is COc1coc(Cn2c(=O)oc3ccc(Cl)cc32)cc1=O. The Balaban J connectivity index is 2.07. The number of nitrogens with zero attached hydrogens (tertiary/aromatic N) is 1. The molecular weight excluding hydrogens is 298 g/mol. The standard InChI is InChI=1S/C14H10ClNO5/c1-19-13-7-20-9(5-11(13)17)6-16-10-4-8(15)2-3-12(10)21-14(16)18/h2-5,7H,6H2,1H3. The molecular formula is C14H10ClNO5. The minimum atomic E-state index is -0.550. The molecule has 0 fully saturated rings. The Bertz CT molecular complexity index is 921. The molecule has 7 heteroatoms. The molecule has 21 heavy (non-hydrogen) atoms. The molecule has 0 aliphatic carbocycles. The summed E-state index contributed by atoms with van der Waals surface area (Å²) in [5, 5.41) is 0.480. The average Bonchev–Trinajstić information content (AvgIpc) is 2.75. The summed E-state index contributed by atoms with van der Waals surface area (Å²) in [6, 6.07) is 6.13. The summed E-state index contributed by atoms with van der Waals surface area (Å²) in [5.41, 5.74) is 0.629. The largest absolute Gasteiger partial charge is 0.490 e. The number of benzene rings is 1. The third-order valence-corrected chi connectivity index (χ3v) is 3.25. The molecule has 6 nitrogen and oxygen atoms in total. The Morgan fingerprint density at radius 1 is 1.29 bits per heavy atom. The molecule has 108 valence electrons. The van der Waals surface area contributed by atoms with E-state index in [0.29, 0.717) is 21.9 Å². The van der Waals surface area contributed by atoms with E-state index in [-0.39, 0.29) is 17.7 Å². The van der Waals surface area contributed by atoms with Crippen molar-refractivity contribution in [3.8, 4) is 5.75 Å². The van der Waals surface area contributed by atoms with Crippen molar-refractivity contribution in [1.82, 2.24) is 4.57 Å². The van der Waals surface area contributed by atoms with Gasteiger partial charge in [-0.25, -0.2) is 4.79 Å². The minimum absolute atomic E-state index is 0.0609. The molecule has 2 heterocycles. The van der Waals surface area contributed by atoms with Crippen molar-refractivity contribution in [2.75, 3.05) is 7.11 Å². The predicted octanol–water partition coefficient (Wildman–Crippen LogP) is 2.26. The molecule has 0 radical (unpaired) electrons. The molecule has 1 aromatic carbocycles. The second-order valence-electron chi connectivity index (χ2n) is 4.35. The van der Waals surface area contributed by atoms with Crippen molar-refractivity contribution in [1.29, 1.82) is 0 Å². The summed E-state index contributed by atoms with van der Waals surface area (Å²) in [6.45, 7) is 0.0609. The van der Waals surface area contributed by atoms with E-state index in [9.17, 15) is 9.59 Å². The van der Waals surface area contributed by atoms with Gasteiger partial charge in [-0.15, -0.1) is 0 Å². The second kappa shape index (κ2) is 5.14. The molecule has 3 aromatic rings. The molecule has 0 amide bonds. The van der Waals surface area contributed by atoms with E-state index in [4.69, 9.17) is 25.2 Å². The van der Waals surface area contributed by atoms with Gasteiger partial charge < -0.3 is 13.6 Å². The van der Waals surface area contributed by atoms with Crippen molar-refractivity contribution in [2.24, 2.45) is 0 Å². The zero-order chi connectivity index (χ0) is 15.0. The molecule has 0 saturated carbocycles. The van der Waals surface area contributed by atoms with Gasteiger partial charge in [0.15, 0.2) is 5.58 Å². The van der Waals surface area contributed by atoms with Gasteiger partial charge in [-0.1, -0.05) is 11.6 Å². The van der Waals surface area contributed by atoms with Crippen LogP contribution in [0.1, 0.15) is 5.76 Å². The van der Waals surface area contributed by atoms with Gasteiger partial charge in [0, 0.05) is 11.1 Å². The van der Waals surface area contributed by atoms with Crippen LogP contribution in [0.4, 0.5) is 0 Å². The van der Waals surface area contributed by atoms with Gasteiger partial charge in [-0.2, -0.15) is 0 Å². The molecule has 0 unspecified atom stereocenters. The van der Waals surface area contributed by atoms with E-state index in [0.717, 1.165) is 0 Å². The van der Waals surface area contributed by atoms with Crippen LogP contribution in [-0.4, -0.2) is 11.7 Å². The van der Waals surface area contributed by atoms with Crippen LogP contribution in [0.2, 0.25) is 5.02 Å². The van der Waals surface area contributed by atoms with E-state index in [2.05, 4.69) is 0 Å². The molecule has 3 rings (SSSR count). The first-order valence-corrected chi connectivity index (χ1v) is 6.41. The fourth-order valence-corrected chi connectivity index (χ4v) is 2.18. The highest BCUT2D eigenvalue weighted by molar-refractivity contribution is 6.31. The van der Waals surface area contributed by atoms with Gasteiger partial charge in [0.25, 0.3) is 0 Å². The van der Waals surface area contributed by atoms with Crippen LogP contribution in [0.3, 0.4) is 0 Å². The maximum atomic E-state index is 11.9. The van der Waals surface area contributed by atoms with Crippen LogP contribution in [-0.2, 0) is 6.54 Å². The zero-order valence-corrected chi connectivity index (χ0v) is 11.7. The lowest BCUT2D eigenvalue weighted by Gasteiger charge is -2.03. The van der Waals surface area contributed by atoms with Crippen LogP contribution in [0, 0.1) is 0 Å². The van der Waals surface area contributed by atoms with Crippen LogP contribution in [0.5, 0.6) is 5.75 Å². The Kier molecular flexibility index (Phi) is 3.31. The van der Waals surface area contributed by atoms with Crippen molar-refractivity contribution in [3.05, 3.63) is 62.1 Å². The molecule has 2 aromatic heterocycles. The van der Waals surface area contributed by atoms with Crippen molar-refractivity contribution >= 4 is 22.7 Å². The maximum absolute atomic E-state index is 11.9. The van der Waals surface area contributed by atoms with E-state index in [1.54, 1.807) is 18.2 Å². The lowest BCUT2D eigenvalue weighted by Crippen LogP contribution is -2.16. The molecule has 0 aliphatic rings. The predicted molar refractivity (Wildman–Crippen MR) is 76.1 cm³/mol. The monoisotopic (exact) mass is 307 g/mol. The Morgan fingerprint density at radius 2 is 2.10 bits per heavy atom. The second-order valence-corrected chi connectivity index (χ2v) is 4.78. The van der Waals surface area contributed by atoms with E-state index in [1.165, 1.54) is 24.0 Å². The summed E-state index contributed by atoms with van der Waals surface area (Å²) in [7, 11) is 1.38. The Hall–Kier alpha value is -2.47. The summed E-state index contributed by atoms with van der Waals surface area (Å²) in [5.74, 6) is -0.137. The minimum Gasteiger partial charge on any atom is -0.490 e. The molecule has 0 N–H and O–H groups in total. The fourth-order valence-electron chi connectivity index (χ4n) is 2.01. The van der Waals surface area contributed by atoms with Crippen molar-refractivity contribution in [3.63, 3.8) is 0 Å². The molecule has 0 bridgehead atoms. The van der Waals surface area contributed by atoms with Crippen LogP contribution in [0.15, 0.2) is 49.0 Å². The topological polar surface area (TPSA) is 74.6 Å². The number of halogens is 1. The first-order valence-electron chi connectivity index (χ1n) is 6.03. The smallest absolute Gasteiger partial charge is 0.420 e. The average molecular weight is 308 g/mol. The molecule has 0 atom stereocenters. The quantitative estimate of drug-likeness (QED) is 0.742. The van der Waals surface area contributed by atoms with Gasteiger partial charge >= 0.3 is 5.76 Å². The van der Waals surface area contributed by atoms with Gasteiger partial charge in [0.2, 0.25) is 11.2 Å². The highest BCUT2D eigenvalue weighted by Crippen LogP contribution is 2.19. The number of hydrogen-bond acceptors (Lipinski definition) is 5. The summed E-state index contributed by atoms with van der Waals surface area (Å²) in [6.07, 6.45) is 1.21. The van der Waals surface area contributed by atoms with Gasteiger partial charge in [-0.3, -0.25) is 9.36 Å². The molecule has 0 saturated heterocycles. The lowest BCUT2D eigenvalue weighted by atomic mass is 10.3. The number of rotatable bonds is 3. The first kappa shape index (κ1) is 13.5. The van der Waals surface area contributed by atoms with E-state index < -0.39 is 5.76 Å². The van der Waals surface area contributed by atoms with Crippen molar-refractivity contribution < 1.29 is 13.6 Å². The number of fused-ring (bicyclic) bond motifs is 1. The van der Waals surface area contributed by atoms with E-state index in [1.807, 2.05) is 0 Å². The summed E-state index contributed by atoms with van der Waals surface area (Å²) < 4.78 is 16.6. The normalized spacial score (nSPS) is 11.0. The van der Waals surface area contributed by atoms with Gasteiger partial charge in [0.05, 0.1) is 19.2 Å². The van der Waals surface area contributed by atoms with Gasteiger partial charge in [-0.05, 0) is 18.2 Å². The highest BCUT2D eigenvalue weighted by Gasteiger charge is 2.12. The van der Waals surface area contributed by atoms with Gasteiger partial charge in [0.1, 0.15) is 12.0 Å². The number of ether oxygens (including phenoxy) is 1. The molecule has 0 spiro atoms. The summed E-state index contributed by atoms with van der Waals surface area (Å²) in [4.78, 5) is 23.6. The fraction of sp³-hybridized carbons (Fsp3) is 0.143. The number of methoxy groups -OCH3 is 1. The van der Waals surface area contributed by atoms with Crippen LogP contribution < -0.4 is 15.9 Å². The number of oxazole rings is 1. The number of hydrogen-bond donors (Lipinski definition) is 0. The maximum Gasteiger partial charge on any atom is 0.420 e. The third kappa shape index (κ3) is 2.45. The van der Waals surface area contributed by atoms with Crippen LogP contribution >= 0.6 is 11.6 Å². The first-order chi connectivity index (χ1) is 10.1. The Labute approximate surface area is 123 Å².